The molecule has 3 rings (SSSR count). The molecule has 6 N–H and O–H groups in total. The van der Waals surface area contributed by atoms with Gasteiger partial charge in [0.25, 0.3) is 0 Å². The van der Waals surface area contributed by atoms with E-state index in [4.69, 9.17) is 0 Å². The molecule has 3 aliphatic rings. The second kappa shape index (κ2) is 8.23. The van der Waals surface area contributed by atoms with E-state index in [9.17, 15) is 19.1 Å². The number of amides is 1. The number of carboxylic acid groups (broad SMARTS) is 1. The highest BCUT2D eigenvalue weighted by Crippen LogP contribution is 2.22. The van der Waals surface area contributed by atoms with Crippen molar-refractivity contribution >= 4 is 27.8 Å². The molecule has 25 heavy (non-hydrogen) atoms. The number of alkyl halides is 2. The van der Waals surface area contributed by atoms with Crippen molar-refractivity contribution in [2.24, 2.45) is 0 Å². The zero-order valence-corrected chi connectivity index (χ0v) is 15.3. The quantitative estimate of drug-likeness (QED) is 0.237. The minimum Gasteiger partial charge on any atom is -0.480 e. The van der Waals surface area contributed by atoms with Gasteiger partial charge < -0.3 is 15.7 Å². The first-order valence-corrected chi connectivity index (χ1v) is 9.40. The van der Waals surface area contributed by atoms with Crippen LogP contribution in [0.1, 0.15) is 19.3 Å². The monoisotopic (exact) mass is 422 g/mol. The van der Waals surface area contributed by atoms with Crippen molar-refractivity contribution in [1.82, 2.24) is 31.7 Å². The molecular formula is C14H24BrFN6O3. The molecule has 0 aliphatic carbocycles. The summed E-state index contributed by atoms with van der Waals surface area (Å²) in [4.78, 5) is 25.3. The van der Waals surface area contributed by atoms with Gasteiger partial charge in [-0.05, 0) is 12.8 Å². The Kier molecular flexibility index (Phi) is 6.23. The maximum atomic E-state index is 13.9. The van der Waals surface area contributed by atoms with Crippen molar-refractivity contribution in [3.63, 3.8) is 0 Å². The summed E-state index contributed by atoms with van der Waals surface area (Å²) in [7, 11) is 0. The van der Waals surface area contributed by atoms with Gasteiger partial charge in [0.15, 0.2) is 0 Å². The van der Waals surface area contributed by atoms with Crippen molar-refractivity contribution in [2.45, 2.75) is 54.7 Å². The number of rotatable bonds is 4. The highest BCUT2D eigenvalue weighted by atomic mass is 79.9. The zero-order valence-electron chi connectivity index (χ0n) is 13.7. The number of halogens is 2. The average Bonchev–Trinajstić information content (AvgIpc) is 3.12. The lowest BCUT2D eigenvalue weighted by Gasteiger charge is -2.38. The largest absolute Gasteiger partial charge is 0.480 e. The predicted molar refractivity (Wildman–Crippen MR) is 91.4 cm³/mol. The van der Waals surface area contributed by atoms with E-state index in [1.807, 2.05) is 0 Å². The maximum absolute atomic E-state index is 13.9. The fourth-order valence-corrected chi connectivity index (χ4v) is 3.99. The number of carboxylic acids is 1. The third kappa shape index (κ3) is 4.47. The number of nitrogens with one attached hydrogen (secondary N) is 5. The number of aliphatic carboxylic acids is 1. The molecule has 0 spiro atoms. The molecule has 142 valence electrons. The van der Waals surface area contributed by atoms with Crippen LogP contribution < -0.4 is 26.8 Å². The Balaban J connectivity index is 1.52. The Hall–Kier alpha value is -0.850. The maximum Gasteiger partial charge on any atom is 0.322 e. The zero-order chi connectivity index (χ0) is 18.0. The number of hydrazine groups is 1. The molecule has 0 aromatic heterocycles. The van der Waals surface area contributed by atoms with Crippen LogP contribution in [-0.2, 0) is 9.59 Å². The highest BCUT2D eigenvalue weighted by molar-refractivity contribution is 9.09. The molecule has 6 unspecified atom stereocenters. The van der Waals surface area contributed by atoms with Crippen LogP contribution in [0.4, 0.5) is 4.39 Å². The van der Waals surface area contributed by atoms with E-state index in [-0.39, 0.29) is 18.5 Å². The molecule has 6 atom stereocenters. The summed E-state index contributed by atoms with van der Waals surface area (Å²) < 4.78 is 13.9. The van der Waals surface area contributed by atoms with Crippen molar-refractivity contribution in [3.05, 3.63) is 0 Å². The first-order chi connectivity index (χ1) is 12.0. The fourth-order valence-electron chi connectivity index (χ4n) is 3.49. The van der Waals surface area contributed by atoms with Crippen molar-refractivity contribution < 1.29 is 19.1 Å². The lowest BCUT2D eigenvalue weighted by atomic mass is 9.96. The molecule has 3 fully saturated rings. The fraction of sp³-hybridized carbons (Fsp3) is 0.857. The van der Waals surface area contributed by atoms with Gasteiger partial charge in [-0.3, -0.25) is 19.8 Å². The average molecular weight is 423 g/mol. The second-order valence-corrected chi connectivity index (χ2v) is 7.64. The van der Waals surface area contributed by atoms with Crippen LogP contribution in [0.25, 0.3) is 0 Å². The van der Waals surface area contributed by atoms with Crippen LogP contribution in [0.2, 0.25) is 0 Å². The van der Waals surface area contributed by atoms with Crippen LogP contribution in [0.5, 0.6) is 0 Å². The third-order valence-corrected chi connectivity index (χ3v) is 5.77. The summed E-state index contributed by atoms with van der Waals surface area (Å²) in [6.45, 7) is 2.72. The molecule has 11 heteroatoms. The van der Waals surface area contributed by atoms with Crippen molar-refractivity contribution in [2.75, 3.05) is 19.8 Å². The Labute approximate surface area is 153 Å². The summed E-state index contributed by atoms with van der Waals surface area (Å²) in [6, 6.07) is -2.29. The van der Waals surface area contributed by atoms with Gasteiger partial charge in [0.1, 0.15) is 18.3 Å². The van der Waals surface area contributed by atoms with Crippen molar-refractivity contribution in [3.8, 4) is 0 Å². The molecule has 0 aromatic rings. The molecule has 3 aliphatic heterocycles. The first kappa shape index (κ1) is 18.9. The molecule has 0 saturated carbocycles. The van der Waals surface area contributed by atoms with Gasteiger partial charge in [0, 0.05) is 26.2 Å². The Morgan fingerprint density at radius 1 is 1.28 bits per heavy atom. The number of piperidine rings is 1. The lowest BCUT2D eigenvalue weighted by Crippen LogP contribution is -2.66. The number of carbonyl (C=O) groups excluding carboxylic acids is 1. The van der Waals surface area contributed by atoms with Crippen LogP contribution in [0.15, 0.2) is 0 Å². The number of nitrogens with zero attached hydrogens (tertiary/aromatic N) is 1. The van der Waals surface area contributed by atoms with Gasteiger partial charge in [0.2, 0.25) is 5.91 Å². The topological polar surface area (TPSA) is 118 Å². The molecule has 1 amide bonds. The van der Waals surface area contributed by atoms with E-state index in [2.05, 4.69) is 47.6 Å². The number of hydrogen-bond acceptors (Lipinski definition) is 7. The minimum atomic E-state index is -1.27. The summed E-state index contributed by atoms with van der Waals surface area (Å²) in [5.41, 5.74) is 6.14. The van der Waals surface area contributed by atoms with Gasteiger partial charge in [0.05, 0.1) is 17.2 Å². The van der Waals surface area contributed by atoms with Gasteiger partial charge in [-0.1, -0.05) is 15.9 Å². The second-order valence-electron chi connectivity index (χ2n) is 6.66. The van der Waals surface area contributed by atoms with Gasteiger partial charge in [-0.25, -0.2) is 15.2 Å². The molecule has 0 aromatic carbocycles. The van der Waals surface area contributed by atoms with E-state index in [0.717, 1.165) is 26.2 Å². The van der Waals surface area contributed by atoms with Crippen LogP contribution in [-0.4, -0.2) is 77.1 Å². The summed E-state index contributed by atoms with van der Waals surface area (Å²) in [6.07, 6.45) is 0.260. The van der Waals surface area contributed by atoms with Crippen molar-refractivity contribution in [1.29, 1.82) is 0 Å². The van der Waals surface area contributed by atoms with Crippen LogP contribution in [0.3, 0.4) is 0 Å². The number of hydrogen-bond donors (Lipinski definition) is 6. The lowest BCUT2D eigenvalue weighted by molar-refractivity contribution is -0.141. The number of carbonyl (C=O) groups is 2. The molecular weight excluding hydrogens is 399 g/mol. The Morgan fingerprint density at radius 3 is 2.68 bits per heavy atom. The standard InChI is InChI=1S/C14H24BrFN6O3/c15-12-7(16)5-9(11(19-12)14(24)25)18-13(23)8-1-2-10(21-20-8)22-4-3-17-6-22/h7-12,17,19-21H,1-6H2,(H,18,23)(H,24,25). The molecule has 9 nitrogen and oxygen atoms in total. The molecule has 3 saturated heterocycles. The normalized spacial score (nSPS) is 39.9. The summed E-state index contributed by atoms with van der Waals surface area (Å²) >= 11 is 3.08. The minimum absolute atomic E-state index is 0.0478. The van der Waals surface area contributed by atoms with E-state index in [1.165, 1.54) is 0 Å². The highest BCUT2D eigenvalue weighted by Gasteiger charge is 2.41. The molecule has 0 radical (unpaired) electrons. The summed E-state index contributed by atoms with van der Waals surface area (Å²) in [5, 5.41) is 17.9. The van der Waals surface area contributed by atoms with E-state index < -0.39 is 35.2 Å². The first-order valence-electron chi connectivity index (χ1n) is 8.49. The predicted octanol–water partition coefficient (Wildman–Crippen LogP) is -1.58. The smallest absolute Gasteiger partial charge is 0.322 e. The molecule has 0 bridgehead atoms. The van der Waals surface area contributed by atoms with Gasteiger partial charge in [-0.15, -0.1) is 0 Å². The SMILES string of the molecule is O=C(NC1CC(F)C(Br)NC1C(=O)O)C1CCC(N2CCNC2)NN1. The van der Waals surface area contributed by atoms with Gasteiger partial charge >= 0.3 is 5.97 Å². The van der Waals surface area contributed by atoms with Crippen LogP contribution >= 0.6 is 15.9 Å². The Bertz CT molecular complexity index is 501. The Morgan fingerprint density at radius 2 is 2.08 bits per heavy atom. The van der Waals surface area contributed by atoms with E-state index in [0.29, 0.717) is 6.42 Å². The summed E-state index contributed by atoms with van der Waals surface area (Å²) in [5.74, 6) is -1.43. The van der Waals surface area contributed by atoms with Gasteiger partial charge in [-0.2, -0.15) is 0 Å². The molecule has 3 heterocycles. The third-order valence-electron chi connectivity index (χ3n) is 4.93. The van der Waals surface area contributed by atoms with E-state index in [1.54, 1.807) is 0 Å². The van der Waals surface area contributed by atoms with Crippen LogP contribution in [0, 0.1) is 0 Å². The van der Waals surface area contributed by atoms with E-state index >= 15 is 0 Å².